The number of aryl methyl sites for hydroxylation is 1. The number of morpholine rings is 1. The topological polar surface area (TPSA) is 75.5 Å². The zero-order valence-electron chi connectivity index (χ0n) is 17.8. The molecular formula is C23H28N6O2. The third kappa shape index (κ3) is 4.40. The van der Waals surface area contributed by atoms with Gasteiger partial charge in [-0.1, -0.05) is 12.1 Å². The van der Waals surface area contributed by atoms with Gasteiger partial charge in [0.05, 0.1) is 19.4 Å². The van der Waals surface area contributed by atoms with Crippen molar-refractivity contribution in [1.82, 2.24) is 24.6 Å². The van der Waals surface area contributed by atoms with Crippen LogP contribution < -0.4 is 5.32 Å². The van der Waals surface area contributed by atoms with E-state index in [2.05, 4.69) is 32.4 Å². The molecule has 0 spiro atoms. The first-order valence-electron chi connectivity index (χ1n) is 10.9. The Balaban J connectivity index is 1.24. The summed E-state index contributed by atoms with van der Waals surface area (Å²) in [7, 11) is 1.91. The number of fused-ring (bicyclic) bond motifs is 1. The van der Waals surface area contributed by atoms with Gasteiger partial charge in [-0.2, -0.15) is 5.10 Å². The molecule has 2 aliphatic rings. The first kappa shape index (κ1) is 20.0. The summed E-state index contributed by atoms with van der Waals surface area (Å²) in [5, 5.41) is 9.32. The van der Waals surface area contributed by atoms with Crippen molar-refractivity contribution in [1.29, 1.82) is 0 Å². The van der Waals surface area contributed by atoms with Gasteiger partial charge in [0.25, 0.3) is 0 Å². The van der Waals surface area contributed by atoms with Gasteiger partial charge in [0.1, 0.15) is 5.82 Å². The third-order valence-corrected chi connectivity index (χ3v) is 6.31. The SMILES string of the molecule is Cn1cc(-c2ccc3cnc(NC(=O)N4CCC(N5CCOCC5)CC4)cc3c2)cn1. The molecule has 2 saturated heterocycles. The molecule has 0 aliphatic carbocycles. The predicted octanol–water partition coefficient (Wildman–Crippen LogP) is 2.96. The number of hydrogen-bond donors (Lipinski definition) is 1. The third-order valence-electron chi connectivity index (χ3n) is 6.31. The standard InChI is InChI=1S/C23H28N6O2/c1-27-16-20(15-25-27)17-2-3-18-14-24-22(13-19(18)12-17)26-23(30)29-6-4-21(5-7-29)28-8-10-31-11-9-28/h2-3,12-16,21H,4-11H2,1H3,(H,24,26,30). The summed E-state index contributed by atoms with van der Waals surface area (Å²) in [4.78, 5) is 21.6. The second kappa shape index (κ2) is 8.64. The monoisotopic (exact) mass is 420 g/mol. The second-order valence-electron chi connectivity index (χ2n) is 8.33. The molecule has 1 N–H and O–H groups in total. The fourth-order valence-electron chi connectivity index (χ4n) is 4.52. The lowest BCUT2D eigenvalue weighted by Crippen LogP contribution is -2.50. The van der Waals surface area contributed by atoms with Crippen LogP contribution in [0, 0.1) is 0 Å². The van der Waals surface area contributed by atoms with E-state index in [4.69, 9.17) is 4.74 Å². The molecule has 0 atom stereocenters. The molecular weight excluding hydrogens is 392 g/mol. The van der Waals surface area contributed by atoms with Crippen molar-refractivity contribution < 1.29 is 9.53 Å². The summed E-state index contributed by atoms with van der Waals surface area (Å²) in [6.45, 7) is 5.17. The summed E-state index contributed by atoms with van der Waals surface area (Å²) in [6, 6.07) is 8.64. The average Bonchev–Trinajstić information content (AvgIpc) is 3.25. The van der Waals surface area contributed by atoms with E-state index in [-0.39, 0.29) is 6.03 Å². The Labute approximate surface area is 181 Å². The summed E-state index contributed by atoms with van der Waals surface area (Å²) in [5.41, 5.74) is 2.16. The van der Waals surface area contributed by atoms with Gasteiger partial charge in [0.2, 0.25) is 0 Å². The molecule has 5 rings (SSSR count). The first-order chi connectivity index (χ1) is 15.2. The molecule has 1 aromatic carbocycles. The molecule has 0 radical (unpaired) electrons. The number of hydrogen-bond acceptors (Lipinski definition) is 5. The molecule has 0 unspecified atom stereocenters. The molecule has 2 aromatic heterocycles. The normalized spacial score (nSPS) is 18.4. The first-order valence-corrected chi connectivity index (χ1v) is 10.9. The number of nitrogens with zero attached hydrogens (tertiary/aromatic N) is 5. The van der Waals surface area contributed by atoms with Crippen LogP contribution in [0.3, 0.4) is 0 Å². The highest BCUT2D eigenvalue weighted by Crippen LogP contribution is 2.25. The highest BCUT2D eigenvalue weighted by molar-refractivity contribution is 5.93. The van der Waals surface area contributed by atoms with Crippen LogP contribution in [-0.4, -0.2) is 76.0 Å². The predicted molar refractivity (Wildman–Crippen MR) is 120 cm³/mol. The molecule has 8 nitrogen and oxygen atoms in total. The fourth-order valence-corrected chi connectivity index (χ4v) is 4.52. The number of likely N-dealkylation sites (tertiary alicyclic amines) is 1. The Morgan fingerprint density at radius 1 is 1.03 bits per heavy atom. The maximum Gasteiger partial charge on any atom is 0.323 e. The van der Waals surface area contributed by atoms with Crippen molar-refractivity contribution in [2.45, 2.75) is 18.9 Å². The average molecular weight is 421 g/mol. The number of carbonyl (C=O) groups is 1. The summed E-state index contributed by atoms with van der Waals surface area (Å²) < 4.78 is 7.24. The number of piperidine rings is 1. The number of pyridine rings is 1. The zero-order chi connectivity index (χ0) is 21.2. The Morgan fingerprint density at radius 2 is 1.84 bits per heavy atom. The zero-order valence-corrected chi connectivity index (χ0v) is 17.8. The van der Waals surface area contributed by atoms with Crippen molar-refractivity contribution in [2.24, 2.45) is 7.05 Å². The van der Waals surface area contributed by atoms with Gasteiger partial charge in [-0.15, -0.1) is 0 Å². The van der Waals surface area contributed by atoms with Crippen LogP contribution in [0.25, 0.3) is 21.9 Å². The second-order valence-corrected chi connectivity index (χ2v) is 8.33. The van der Waals surface area contributed by atoms with Gasteiger partial charge in [0, 0.05) is 62.6 Å². The fraction of sp³-hybridized carbons (Fsp3) is 0.435. The van der Waals surface area contributed by atoms with Crippen LogP contribution in [0.5, 0.6) is 0 Å². The molecule has 2 fully saturated rings. The van der Waals surface area contributed by atoms with E-state index in [1.807, 2.05) is 42.7 Å². The summed E-state index contributed by atoms with van der Waals surface area (Å²) in [5.74, 6) is 0.580. The number of amides is 2. The lowest BCUT2D eigenvalue weighted by molar-refractivity contribution is 0.00419. The number of ether oxygens (including phenoxy) is 1. The van der Waals surface area contributed by atoms with E-state index in [0.29, 0.717) is 11.9 Å². The van der Waals surface area contributed by atoms with Crippen molar-refractivity contribution in [2.75, 3.05) is 44.7 Å². The van der Waals surface area contributed by atoms with Gasteiger partial charge in [-0.3, -0.25) is 14.9 Å². The number of carbonyl (C=O) groups excluding carboxylic acids is 1. The largest absolute Gasteiger partial charge is 0.379 e. The van der Waals surface area contributed by atoms with Gasteiger partial charge < -0.3 is 9.64 Å². The van der Waals surface area contributed by atoms with Crippen LogP contribution in [0.4, 0.5) is 10.6 Å². The minimum absolute atomic E-state index is 0.0734. The summed E-state index contributed by atoms with van der Waals surface area (Å²) >= 11 is 0. The number of nitrogens with one attached hydrogen (secondary N) is 1. The van der Waals surface area contributed by atoms with Crippen molar-refractivity contribution >= 4 is 22.6 Å². The lowest BCUT2D eigenvalue weighted by atomic mass is 10.0. The van der Waals surface area contributed by atoms with E-state index < -0.39 is 0 Å². The molecule has 162 valence electrons. The number of benzene rings is 1. The molecule has 4 heterocycles. The maximum absolute atomic E-state index is 12.8. The highest BCUT2D eigenvalue weighted by atomic mass is 16.5. The molecule has 0 saturated carbocycles. The quantitative estimate of drug-likeness (QED) is 0.705. The number of rotatable bonds is 3. The molecule has 31 heavy (non-hydrogen) atoms. The van der Waals surface area contributed by atoms with Crippen LogP contribution in [0.15, 0.2) is 42.9 Å². The number of anilines is 1. The van der Waals surface area contributed by atoms with Crippen LogP contribution in [-0.2, 0) is 11.8 Å². The van der Waals surface area contributed by atoms with Gasteiger partial charge in [0.15, 0.2) is 0 Å². The van der Waals surface area contributed by atoms with E-state index in [1.165, 1.54) is 0 Å². The van der Waals surface area contributed by atoms with Crippen molar-refractivity contribution in [3.63, 3.8) is 0 Å². The molecule has 2 amide bonds. The Morgan fingerprint density at radius 3 is 2.58 bits per heavy atom. The van der Waals surface area contributed by atoms with Crippen LogP contribution in [0.2, 0.25) is 0 Å². The number of aromatic nitrogens is 3. The van der Waals surface area contributed by atoms with E-state index in [0.717, 1.165) is 74.1 Å². The van der Waals surface area contributed by atoms with Crippen LogP contribution >= 0.6 is 0 Å². The van der Waals surface area contributed by atoms with Gasteiger partial charge in [-0.25, -0.2) is 9.78 Å². The van der Waals surface area contributed by atoms with E-state index >= 15 is 0 Å². The van der Waals surface area contributed by atoms with Crippen LogP contribution in [0.1, 0.15) is 12.8 Å². The molecule has 8 heteroatoms. The minimum atomic E-state index is -0.0734. The number of urea groups is 1. The van der Waals surface area contributed by atoms with Gasteiger partial charge >= 0.3 is 6.03 Å². The van der Waals surface area contributed by atoms with Gasteiger partial charge in [-0.05, 0) is 35.9 Å². The Hall–Kier alpha value is -2.97. The van der Waals surface area contributed by atoms with Crippen molar-refractivity contribution in [3.8, 4) is 11.1 Å². The van der Waals surface area contributed by atoms with E-state index in [9.17, 15) is 4.79 Å². The molecule has 3 aromatic rings. The lowest BCUT2D eigenvalue weighted by Gasteiger charge is -2.39. The Bertz CT molecular complexity index is 1070. The highest BCUT2D eigenvalue weighted by Gasteiger charge is 2.27. The Kier molecular flexibility index (Phi) is 5.57. The minimum Gasteiger partial charge on any atom is -0.379 e. The summed E-state index contributed by atoms with van der Waals surface area (Å²) in [6.07, 6.45) is 7.67. The van der Waals surface area contributed by atoms with E-state index in [1.54, 1.807) is 4.68 Å². The maximum atomic E-state index is 12.8. The van der Waals surface area contributed by atoms with Crippen molar-refractivity contribution in [3.05, 3.63) is 42.9 Å². The molecule has 2 aliphatic heterocycles. The molecule has 0 bridgehead atoms. The smallest absolute Gasteiger partial charge is 0.323 e.